The average Bonchev–Trinajstić information content (AvgIpc) is 2.83. The predicted octanol–water partition coefficient (Wildman–Crippen LogP) is 2.95. The molecule has 1 aromatic carbocycles. The summed E-state index contributed by atoms with van der Waals surface area (Å²) in [6.07, 6.45) is 0. The molecule has 5 heteroatoms. The van der Waals surface area contributed by atoms with E-state index in [1.165, 1.54) is 28.0 Å². The minimum absolute atomic E-state index is 0.652. The Labute approximate surface area is 115 Å². The van der Waals surface area contributed by atoms with Gasteiger partial charge in [-0.1, -0.05) is 30.3 Å². The lowest BCUT2D eigenvalue weighted by molar-refractivity contribution is 0.869. The van der Waals surface area contributed by atoms with Gasteiger partial charge < -0.3 is 10.6 Å². The van der Waals surface area contributed by atoms with Crippen molar-refractivity contribution in [3.8, 4) is 11.1 Å². The zero-order chi connectivity index (χ0) is 12.4. The highest BCUT2D eigenvalue weighted by molar-refractivity contribution is 7.99. The molecule has 2 N–H and O–H groups in total. The van der Waals surface area contributed by atoms with Crippen LogP contribution in [0.5, 0.6) is 0 Å². The Morgan fingerprint density at radius 2 is 1.83 bits per heavy atom. The van der Waals surface area contributed by atoms with Crippen molar-refractivity contribution in [3.63, 3.8) is 0 Å². The summed E-state index contributed by atoms with van der Waals surface area (Å²) < 4.78 is 4.34. The van der Waals surface area contributed by atoms with E-state index in [0.717, 1.165) is 24.2 Å². The molecule has 2 heterocycles. The second kappa shape index (κ2) is 5.20. The van der Waals surface area contributed by atoms with Crippen molar-refractivity contribution in [1.82, 2.24) is 4.37 Å². The minimum Gasteiger partial charge on any atom is -0.382 e. The summed E-state index contributed by atoms with van der Waals surface area (Å²) in [6, 6.07) is 10.3. The van der Waals surface area contributed by atoms with E-state index in [0.29, 0.717) is 5.82 Å². The van der Waals surface area contributed by atoms with Crippen LogP contribution in [0, 0.1) is 0 Å². The molecular weight excluding hydrogens is 262 g/mol. The number of hydrogen-bond donors (Lipinski definition) is 1. The SMILES string of the molecule is Nc1nsc(N2CCSCC2)c1-c1ccccc1. The fourth-order valence-electron chi connectivity index (χ4n) is 2.15. The second-order valence-corrected chi connectivity index (χ2v) is 6.19. The van der Waals surface area contributed by atoms with Gasteiger partial charge in [0.05, 0.1) is 5.56 Å². The van der Waals surface area contributed by atoms with Crippen LogP contribution in [0.4, 0.5) is 10.8 Å². The molecule has 18 heavy (non-hydrogen) atoms. The van der Waals surface area contributed by atoms with Crippen LogP contribution in [0.1, 0.15) is 0 Å². The highest BCUT2D eigenvalue weighted by Gasteiger charge is 2.20. The number of benzene rings is 1. The lowest BCUT2D eigenvalue weighted by Crippen LogP contribution is -2.32. The number of hydrogen-bond acceptors (Lipinski definition) is 5. The second-order valence-electron chi connectivity index (χ2n) is 4.21. The van der Waals surface area contributed by atoms with Crippen molar-refractivity contribution in [3.05, 3.63) is 30.3 Å². The number of nitrogens with zero attached hydrogens (tertiary/aromatic N) is 2. The number of rotatable bonds is 2. The maximum absolute atomic E-state index is 6.05. The van der Waals surface area contributed by atoms with E-state index in [2.05, 4.69) is 21.4 Å². The molecule has 0 aliphatic carbocycles. The third-order valence-corrected chi connectivity index (χ3v) is 4.93. The fourth-order valence-corrected chi connectivity index (χ4v) is 3.94. The predicted molar refractivity (Wildman–Crippen MR) is 81.5 cm³/mol. The zero-order valence-electron chi connectivity index (χ0n) is 10.0. The van der Waals surface area contributed by atoms with Crippen molar-refractivity contribution in [2.24, 2.45) is 0 Å². The van der Waals surface area contributed by atoms with Crippen molar-refractivity contribution >= 4 is 34.1 Å². The van der Waals surface area contributed by atoms with Gasteiger partial charge in [-0.2, -0.15) is 16.1 Å². The van der Waals surface area contributed by atoms with Gasteiger partial charge in [0.25, 0.3) is 0 Å². The summed E-state index contributed by atoms with van der Waals surface area (Å²) in [4.78, 5) is 2.41. The topological polar surface area (TPSA) is 42.1 Å². The van der Waals surface area contributed by atoms with Crippen LogP contribution in [0.3, 0.4) is 0 Å². The Morgan fingerprint density at radius 3 is 2.56 bits per heavy atom. The molecule has 0 atom stereocenters. The van der Waals surface area contributed by atoms with Crippen molar-refractivity contribution < 1.29 is 0 Å². The number of nitrogens with two attached hydrogens (primary N) is 1. The molecule has 1 aliphatic rings. The molecule has 0 unspecified atom stereocenters. The molecule has 3 rings (SSSR count). The first-order valence-corrected chi connectivity index (χ1v) is 7.92. The maximum atomic E-state index is 6.05. The molecule has 0 radical (unpaired) electrons. The van der Waals surface area contributed by atoms with E-state index in [1.54, 1.807) is 0 Å². The molecule has 94 valence electrons. The highest BCUT2D eigenvalue weighted by Crippen LogP contribution is 2.39. The molecule has 0 saturated carbocycles. The first-order valence-electron chi connectivity index (χ1n) is 5.99. The van der Waals surface area contributed by atoms with Gasteiger partial charge in [-0.15, -0.1) is 0 Å². The molecule has 2 aromatic rings. The van der Waals surface area contributed by atoms with Gasteiger partial charge in [0.2, 0.25) is 0 Å². The third kappa shape index (κ3) is 2.20. The first-order chi connectivity index (χ1) is 8.86. The van der Waals surface area contributed by atoms with Gasteiger partial charge in [0.1, 0.15) is 10.8 Å². The number of aromatic nitrogens is 1. The Bertz CT molecular complexity index is 518. The van der Waals surface area contributed by atoms with Crippen LogP contribution >= 0.6 is 23.3 Å². The summed E-state index contributed by atoms with van der Waals surface area (Å²) in [5.74, 6) is 3.03. The quantitative estimate of drug-likeness (QED) is 0.916. The van der Waals surface area contributed by atoms with Crippen molar-refractivity contribution in [2.45, 2.75) is 0 Å². The maximum Gasteiger partial charge on any atom is 0.147 e. The monoisotopic (exact) mass is 277 g/mol. The van der Waals surface area contributed by atoms with Gasteiger partial charge in [0.15, 0.2) is 0 Å². The van der Waals surface area contributed by atoms with E-state index in [9.17, 15) is 0 Å². The molecule has 0 amide bonds. The summed E-state index contributed by atoms with van der Waals surface area (Å²) in [6.45, 7) is 2.18. The molecule has 0 bridgehead atoms. The van der Waals surface area contributed by atoms with E-state index in [4.69, 9.17) is 5.73 Å². The van der Waals surface area contributed by atoms with E-state index < -0.39 is 0 Å². The summed E-state index contributed by atoms with van der Waals surface area (Å²) in [5, 5.41) is 1.22. The van der Waals surface area contributed by atoms with E-state index in [-0.39, 0.29) is 0 Å². The van der Waals surface area contributed by atoms with Crippen LogP contribution in [0.2, 0.25) is 0 Å². The third-order valence-electron chi connectivity index (χ3n) is 3.06. The molecule has 1 aliphatic heterocycles. The van der Waals surface area contributed by atoms with Gasteiger partial charge in [-0.05, 0) is 17.1 Å². The van der Waals surface area contributed by atoms with E-state index >= 15 is 0 Å². The van der Waals surface area contributed by atoms with Gasteiger partial charge >= 0.3 is 0 Å². The molecule has 1 fully saturated rings. The molecule has 1 saturated heterocycles. The van der Waals surface area contributed by atoms with Crippen LogP contribution in [-0.2, 0) is 0 Å². The number of thioether (sulfide) groups is 1. The molecule has 3 nitrogen and oxygen atoms in total. The van der Waals surface area contributed by atoms with Crippen LogP contribution in [-0.4, -0.2) is 29.0 Å². The highest BCUT2D eigenvalue weighted by atomic mass is 32.2. The fraction of sp³-hybridized carbons (Fsp3) is 0.308. The Kier molecular flexibility index (Phi) is 3.43. The van der Waals surface area contributed by atoms with Crippen molar-refractivity contribution in [2.75, 3.05) is 35.2 Å². The Balaban J connectivity index is 2.01. The van der Waals surface area contributed by atoms with E-state index in [1.807, 2.05) is 30.0 Å². The molecule has 1 aromatic heterocycles. The summed E-state index contributed by atoms with van der Waals surface area (Å²) in [5.41, 5.74) is 8.32. The van der Waals surface area contributed by atoms with Crippen molar-refractivity contribution in [1.29, 1.82) is 0 Å². The number of anilines is 2. The average molecular weight is 277 g/mol. The zero-order valence-corrected chi connectivity index (χ0v) is 11.6. The molecule has 0 spiro atoms. The smallest absolute Gasteiger partial charge is 0.147 e. The Morgan fingerprint density at radius 1 is 1.11 bits per heavy atom. The van der Waals surface area contributed by atoms with Gasteiger partial charge in [-0.25, -0.2) is 0 Å². The normalized spacial score (nSPS) is 15.9. The van der Waals surface area contributed by atoms with Gasteiger partial charge in [0, 0.05) is 24.6 Å². The molecular formula is C13H15N3S2. The Hall–Kier alpha value is -1.20. The van der Waals surface area contributed by atoms with Crippen LogP contribution < -0.4 is 10.6 Å². The van der Waals surface area contributed by atoms with Crippen LogP contribution in [0.25, 0.3) is 11.1 Å². The standard InChI is InChI=1S/C13H15N3S2/c14-12-11(10-4-2-1-3-5-10)13(18-15-12)16-6-8-17-9-7-16/h1-5H,6-9H2,(H2,14,15). The number of nitrogen functional groups attached to an aromatic ring is 1. The minimum atomic E-state index is 0.652. The lowest BCUT2D eigenvalue weighted by Gasteiger charge is -2.27. The largest absolute Gasteiger partial charge is 0.382 e. The van der Waals surface area contributed by atoms with Crippen LogP contribution in [0.15, 0.2) is 30.3 Å². The summed E-state index contributed by atoms with van der Waals surface area (Å²) in [7, 11) is 0. The summed E-state index contributed by atoms with van der Waals surface area (Å²) >= 11 is 3.53. The first kappa shape index (κ1) is 11.9. The van der Waals surface area contributed by atoms with Gasteiger partial charge in [-0.3, -0.25) is 0 Å². The lowest BCUT2D eigenvalue weighted by atomic mass is 10.1.